The zero-order valence-electron chi connectivity index (χ0n) is 11.2. The number of aryl methyl sites for hydroxylation is 1. The number of nitrogen functional groups attached to an aromatic ring is 1. The normalized spacial score (nSPS) is 10.8. The molecule has 0 fully saturated rings. The Balaban J connectivity index is 1.88. The molecule has 0 aliphatic rings. The molecule has 3 rings (SSSR count). The molecule has 0 aliphatic carbocycles. The van der Waals surface area contributed by atoms with E-state index in [4.69, 9.17) is 10.6 Å². The average Bonchev–Trinajstić information content (AvgIpc) is 2.86. The zero-order chi connectivity index (χ0) is 14.8. The van der Waals surface area contributed by atoms with Crippen LogP contribution in [0.3, 0.4) is 0 Å². The summed E-state index contributed by atoms with van der Waals surface area (Å²) in [5.74, 6) is 6.38. The molecule has 0 saturated heterocycles. The van der Waals surface area contributed by atoms with Crippen LogP contribution in [0.4, 0.5) is 10.2 Å². The molecule has 0 aliphatic heterocycles. The quantitative estimate of drug-likeness (QED) is 0.556. The number of anilines is 1. The number of nitrogens with two attached hydrogens (primary N) is 1. The Kier molecular flexibility index (Phi) is 3.36. The van der Waals surface area contributed by atoms with Crippen LogP contribution in [0.1, 0.15) is 5.82 Å². The first-order valence-corrected chi connectivity index (χ1v) is 6.21. The number of aromatic nitrogens is 4. The van der Waals surface area contributed by atoms with E-state index >= 15 is 0 Å². The van der Waals surface area contributed by atoms with Crippen molar-refractivity contribution in [3.63, 3.8) is 0 Å². The van der Waals surface area contributed by atoms with Crippen LogP contribution in [-0.2, 0) is 13.7 Å². The van der Waals surface area contributed by atoms with Gasteiger partial charge in [-0.2, -0.15) is 5.10 Å². The highest BCUT2D eigenvalue weighted by Gasteiger charge is 2.11. The molecular formula is C13H13FN6O. The van der Waals surface area contributed by atoms with Crippen LogP contribution < -0.4 is 16.0 Å². The first-order valence-electron chi connectivity index (χ1n) is 6.21. The van der Waals surface area contributed by atoms with Crippen LogP contribution in [-0.4, -0.2) is 19.7 Å². The zero-order valence-corrected chi connectivity index (χ0v) is 11.2. The Labute approximate surface area is 119 Å². The third-order valence-electron chi connectivity index (χ3n) is 2.94. The second-order valence-electron chi connectivity index (χ2n) is 4.38. The summed E-state index contributed by atoms with van der Waals surface area (Å²) in [6, 6.07) is 5.88. The van der Waals surface area contributed by atoms with Gasteiger partial charge in [0.05, 0.1) is 11.6 Å². The molecule has 0 saturated carbocycles. The Morgan fingerprint density at radius 3 is 3.00 bits per heavy atom. The molecule has 8 heteroatoms. The number of hydrogen-bond donors (Lipinski definition) is 2. The number of hydrazine groups is 1. The van der Waals surface area contributed by atoms with Crippen molar-refractivity contribution in [2.75, 3.05) is 5.43 Å². The smallest absolute Gasteiger partial charge is 0.170 e. The monoisotopic (exact) mass is 288 g/mol. The lowest BCUT2D eigenvalue weighted by molar-refractivity contribution is 0.295. The van der Waals surface area contributed by atoms with Crippen LogP contribution in [0.15, 0.2) is 30.5 Å². The van der Waals surface area contributed by atoms with Gasteiger partial charge in [-0.3, -0.25) is 4.68 Å². The topological polar surface area (TPSA) is 90.9 Å². The number of benzene rings is 1. The van der Waals surface area contributed by atoms with Crippen molar-refractivity contribution in [2.24, 2.45) is 12.9 Å². The highest BCUT2D eigenvalue weighted by atomic mass is 19.1. The Hall–Kier alpha value is -2.74. The number of fused-ring (bicyclic) bond motifs is 1. The fourth-order valence-electron chi connectivity index (χ4n) is 1.95. The summed E-state index contributed by atoms with van der Waals surface area (Å²) in [6.07, 6.45) is 1.63. The average molecular weight is 288 g/mol. The van der Waals surface area contributed by atoms with Crippen molar-refractivity contribution < 1.29 is 9.13 Å². The van der Waals surface area contributed by atoms with E-state index in [0.29, 0.717) is 23.0 Å². The van der Waals surface area contributed by atoms with Gasteiger partial charge in [-0.25, -0.2) is 20.2 Å². The number of hydrogen-bond acceptors (Lipinski definition) is 6. The highest BCUT2D eigenvalue weighted by molar-refractivity contribution is 5.86. The molecule has 108 valence electrons. The van der Waals surface area contributed by atoms with Gasteiger partial charge in [0.2, 0.25) is 0 Å². The predicted octanol–water partition coefficient (Wildman–Crippen LogP) is 1.37. The lowest BCUT2D eigenvalue weighted by atomic mass is 10.3. The Morgan fingerprint density at radius 2 is 2.24 bits per heavy atom. The van der Waals surface area contributed by atoms with Gasteiger partial charge in [-0.1, -0.05) is 6.07 Å². The molecule has 3 N–H and O–H groups in total. The molecule has 2 heterocycles. The van der Waals surface area contributed by atoms with Gasteiger partial charge in [0.1, 0.15) is 18.2 Å². The van der Waals surface area contributed by atoms with Crippen molar-refractivity contribution in [3.05, 3.63) is 42.1 Å². The third kappa shape index (κ3) is 2.61. The van der Waals surface area contributed by atoms with E-state index in [1.54, 1.807) is 30.1 Å². The molecule has 0 unspecified atom stereocenters. The summed E-state index contributed by atoms with van der Waals surface area (Å²) in [4.78, 5) is 8.61. The Bertz CT molecular complexity index is 787. The van der Waals surface area contributed by atoms with Gasteiger partial charge in [0.25, 0.3) is 0 Å². The van der Waals surface area contributed by atoms with Crippen LogP contribution in [0.25, 0.3) is 11.0 Å². The van der Waals surface area contributed by atoms with Crippen LogP contribution in [0, 0.1) is 5.82 Å². The largest absolute Gasteiger partial charge is 0.486 e. The fourth-order valence-corrected chi connectivity index (χ4v) is 1.95. The number of ether oxygens (including phenoxy) is 1. The lowest BCUT2D eigenvalue weighted by Gasteiger charge is -2.07. The van der Waals surface area contributed by atoms with Gasteiger partial charge >= 0.3 is 0 Å². The maximum atomic E-state index is 13.1. The van der Waals surface area contributed by atoms with Gasteiger partial charge in [-0.05, 0) is 12.1 Å². The SMILES string of the molecule is Cn1ncc2c(NN)nc(COc3cccc(F)c3)nc21. The van der Waals surface area contributed by atoms with Crippen molar-refractivity contribution >= 4 is 16.9 Å². The van der Waals surface area contributed by atoms with Gasteiger partial charge in [-0.15, -0.1) is 0 Å². The first kappa shape index (κ1) is 13.3. The molecule has 2 aromatic heterocycles. The van der Waals surface area contributed by atoms with Crippen LogP contribution >= 0.6 is 0 Å². The molecule has 1 aromatic carbocycles. The summed E-state index contributed by atoms with van der Waals surface area (Å²) in [6.45, 7) is 0.0965. The molecule has 7 nitrogen and oxygen atoms in total. The van der Waals surface area contributed by atoms with Crippen molar-refractivity contribution in [3.8, 4) is 5.75 Å². The molecule has 21 heavy (non-hydrogen) atoms. The molecule has 0 radical (unpaired) electrons. The summed E-state index contributed by atoms with van der Waals surface area (Å²) < 4.78 is 20.2. The standard InChI is InChI=1S/C13H13FN6O/c1-20-13-10(6-16-20)12(19-15)17-11(18-13)7-21-9-4-2-3-8(14)5-9/h2-6H,7,15H2,1H3,(H,17,18,19). The van der Waals surface area contributed by atoms with Gasteiger partial charge < -0.3 is 10.2 Å². The number of nitrogens with zero attached hydrogens (tertiary/aromatic N) is 4. The first-order chi connectivity index (χ1) is 10.2. The van der Waals surface area contributed by atoms with Gasteiger partial charge in [0.15, 0.2) is 17.3 Å². The molecule has 0 atom stereocenters. The third-order valence-corrected chi connectivity index (χ3v) is 2.94. The summed E-state index contributed by atoms with van der Waals surface area (Å²) in [5, 5.41) is 4.82. The Morgan fingerprint density at radius 1 is 1.38 bits per heavy atom. The van der Waals surface area contributed by atoms with E-state index < -0.39 is 0 Å². The summed E-state index contributed by atoms with van der Waals surface area (Å²) in [7, 11) is 1.77. The minimum Gasteiger partial charge on any atom is -0.486 e. The minimum absolute atomic E-state index is 0.0965. The van der Waals surface area contributed by atoms with E-state index in [1.807, 2.05) is 0 Å². The predicted molar refractivity (Wildman–Crippen MR) is 74.8 cm³/mol. The maximum absolute atomic E-state index is 13.1. The van der Waals surface area contributed by atoms with Crippen molar-refractivity contribution in [1.82, 2.24) is 19.7 Å². The lowest BCUT2D eigenvalue weighted by Crippen LogP contribution is -2.12. The molecule has 3 aromatic rings. The molecular weight excluding hydrogens is 275 g/mol. The molecule has 0 spiro atoms. The van der Waals surface area contributed by atoms with E-state index in [2.05, 4.69) is 20.5 Å². The molecule has 0 bridgehead atoms. The summed E-state index contributed by atoms with van der Waals surface area (Å²) in [5.41, 5.74) is 3.15. The second-order valence-corrected chi connectivity index (χ2v) is 4.38. The van der Waals surface area contributed by atoms with Crippen molar-refractivity contribution in [2.45, 2.75) is 6.61 Å². The van der Waals surface area contributed by atoms with Crippen LogP contribution in [0.5, 0.6) is 5.75 Å². The summed E-state index contributed by atoms with van der Waals surface area (Å²) >= 11 is 0. The molecule has 0 amide bonds. The maximum Gasteiger partial charge on any atom is 0.170 e. The van der Waals surface area contributed by atoms with Gasteiger partial charge in [0, 0.05) is 13.1 Å². The fraction of sp³-hybridized carbons (Fsp3) is 0.154. The second kappa shape index (κ2) is 5.33. The highest BCUT2D eigenvalue weighted by Crippen LogP contribution is 2.19. The van der Waals surface area contributed by atoms with Crippen LogP contribution in [0.2, 0.25) is 0 Å². The number of halogens is 1. The number of rotatable bonds is 4. The van der Waals surface area contributed by atoms with Crippen molar-refractivity contribution in [1.29, 1.82) is 0 Å². The minimum atomic E-state index is -0.361. The van der Waals surface area contributed by atoms with E-state index in [9.17, 15) is 4.39 Å². The van der Waals surface area contributed by atoms with E-state index in [-0.39, 0.29) is 12.4 Å². The van der Waals surface area contributed by atoms with E-state index in [1.165, 1.54) is 12.1 Å². The number of nitrogens with one attached hydrogen (secondary N) is 1. The van der Waals surface area contributed by atoms with E-state index in [0.717, 1.165) is 5.39 Å².